The highest BCUT2D eigenvalue weighted by Gasteiger charge is 2.19. The minimum Gasteiger partial charge on any atom is -0.462 e. The highest BCUT2D eigenvalue weighted by Crippen LogP contribution is 2.17. The van der Waals surface area contributed by atoms with Crippen molar-refractivity contribution < 1.29 is 28.6 Å². The maximum atomic E-state index is 12.8. The first-order chi connectivity index (χ1) is 28.4. The second-order valence-corrected chi connectivity index (χ2v) is 18.1. The van der Waals surface area contributed by atoms with Crippen LogP contribution in [0, 0.1) is 5.92 Å². The predicted molar refractivity (Wildman–Crippen MR) is 247 cm³/mol. The van der Waals surface area contributed by atoms with Crippen LogP contribution in [0.15, 0.2) is 0 Å². The van der Waals surface area contributed by atoms with E-state index in [0.29, 0.717) is 19.3 Å². The molecule has 0 aliphatic rings. The second kappa shape index (κ2) is 46.5. The summed E-state index contributed by atoms with van der Waals surface area (Å²) in [4.78, 5) is 37.9. The summed E-state index contributed by atoms with van der Waals surface area (Å²) in [6.45, 7) is 9.00. The van der Waals surface area contributed by atoms with E-state index >= 15 is 0 Å². The molecule has 0 rings (SSSR count). The van der Waals surface area contributed by atoms with E-state index in [-0.39, 0.29) is 31.1 Å². The van der Waals surface area contributed by atoms with E-state index in [1.54, 1.807) is 0 Å². The number of rotatable bonds is 47. The van der Waals surface area contributed by atoms with Gasteiger partial charge >= 0.3 is 17.9 Å². The van der Waals surface area contributed by atoms with Crippen LogP contribution >= 0.6 is 0 Å². The van der Waals surface area contributed by atoms with Crippen molar-refractivity contribution in [2.24, 2.45) is 5.92 Å². The molecule has 0 bridgehead atoms. The Morgan fingerprint density at radius 2 is 0.603 bits per heavy atom. The molecule has 0 N–H and O–H groups in total. The monoisotopic (exact) mass is 821 g/mol. The minimum absolute atomic E-state index is 0.0634. The van der Waals surface area contributed by atoms with E-state index in [0.717, 1.165) is 63.7 Å². The average molecular weight is 821 g/mol. The lowest BCUT2D eigenvalue weighted by molar-refractivity contribution is -0.167. The van der Waals surface area contributed by atoms with Crippen molar-refractivity contribution in [3.63, 3.8) is 0 Å². The Balaban J connectivity index is 4.27. The zero-order valence-electron chi connectivity index (χ0n) is 39.5. The maximum Gasteiger partial charge on any atom is 0.306 e. The highest BCUT2D eigenvalue weighted by molar-refractivity contribution is 5.71. The smallest absolute Gasteiger partial charge is 0.306 e. The molecular weight excluding hydrogens is 721 g/mol. The fourth-order valence-electron chi connectivity index (χ4n) is 7.83. The van der Waals surface area contributed by atoms with Crippen molar-refractivity contribution in [3.8, 4) is 0 Å². The Kier molecular flexibility index (Phi) is 45.2. The van der Waals surface area contributed by atoms with Crippen LogP contribution in [0.5, 0.6) is 0 Å². The molecule has 58 heavy (non-hydrogen) atoms. The molecule has 2 atom stereocenters. The Morgan fingerprint density at radius 1 is 0.345 bits per heavy atom. The first-order valence-electron chi connectivity index (χ1n) is 25.9. The van der Waals surface area contributed by atoms with Gasteiger partial charge in [-0.15, -0.1) is 0 Å². The first kappa shape index (κ1) is 56.4. The molecular formula is C52H100O6. The third-order valence-corrected chi connectivity index (χ3v) is 12.2. The Bertz CT molecular complexity index is 874. The molecule has 0 radical (unpaired) electrons. The van der Waals surface area contributed by atoms with Gasteiger partial charge in [0, 0.05) is 19.3 Å². The van der Waals surface area contributed by atoms with Crippen LogP contribution in [0.2, 0.25) is 0 Å². The van der Waals surface area contributed by atoms with Crippen molar-refractivity contribution in [1.82, 2.24) is 0 Å². The van der Waals surface area contributed by atoms with Crippen molar-refractivity contribution in [3.05, 3.63) is 0 Å². The Labute approximate surface area is 361 Å². The number of hydrogen-bond acceptors (Lipinski definition) is 6. The van der Waals surface area contributed by atoms with Crippen molar-refractivity contribution >= 4 is 17.9 Å². The zero-order valence-corrected chi connectivity index (χ0v) is 39.5. The van der Waals surface area contributed by atoms with Gasteiger partial charge in [-0.25, -0.2) is 0 Å². The van der Waals surface area contributed by atoms with Crippen molar-refractivity contribution in [1.29, 1.82) is 0 Å². The largest absolute Gasteiger partial charge is 0.462 e. The van der Waals surface area contributed by atoms with Gasteiger partial charge in [-0.1, -0.05) is 252 Å². The lowest BCUT2D eigenvalue weighted by atomic mass is 10.00. The van der Waals surface area contributed by atoms with Crippen LogP contribution in [-0.2, 0) is 28.6 Å². The molecule has 344 valence electrons. The van der Waals surface area contributed by atoms with E-state index in [2.05, 4.69) is 27.7 Å². The molecule has 0 saturated carbocycles. The van der Waals surface area contributed by atoms with Gasteiger partial charge in [0.05, 0.1) is 0 Å². The predicted octanol–water partition coefficient (Wildman–Crippen LogP) is 16.7. The summed E-state index contributed by atoms with van der Waals surface area (Å²) in [5.74, 6) is -0.0334. The number of ether oxygens (including phenoxy) is 3. The molecule has 0 aliphatic heterocycles. The molecule has 0 aromatic rings. The molecule has 6 heteroatoms. The third kappa shape index (κ3) is 44.0. The van der Waals surface area contributed by atoms with E-state index in [1.165, 1.54) is 186 Å². The molecule has 0 spiro atoms. The summed E-state index contributed by atoms with van der Waals surface area (Å²) in [6.07, 6.45) is 48.0. The van der Waals surface area contributed by atoms with Gasteiger partial charge in [0.1, 0.15) is 13.2 Å². The van der Waals surface area contributed by atoms with E-state index in [1.807, 2.05) is 0 Å². The molecule has 0 aliphatic carbocycles. The molecule has 1 unspecified atom stereocenters. The third-order valence-electron chi connectivity index (χ3n) is 12.2. The number of hydrogen-bond donors (Lipinski definition) is 0. The summed E-state index contributed by atoms with van der Waals surface area (Å²) in [7, 11) is 0. The SMILES string of the molecule is CCCCCCCCCCCCCCCCCCCC(=O)OC[C@@H](COC(=O)CCCCCCCCC(C)CC)OC(=O)CCCCCCCCCCCCCCC. The molecule has 0 amide bonds. The van der Waals surface area contributed by atoms with Crippen molar-refractivity contribution in [2.45, 2.75) is 297 Å². The fraction of sp³-hybridized carbons (Fsp3) is 0.942. The van der Waals surface area contributed by atoms with Crippen LogP contribution in [0.3, 0.4) is 0 Å². The lowest BCUT2D eigenvalue weighted by Crippen LogP contribution is -2.30. The second-order valence-electron chi connectivity index (χ2n) is 18.1. The summed E-state index contributed by atoms with van der Waals surface area (Å²) < 4.78 is 16.8. The van der Waals surface area contributed by atoms with E-state index in [9.17, 15) is 14.4 Å². The normalized spacial score (nSPS) is 12.4. The highest BCUT2D eigenvalue weighted by atomic mass is 16.6. The Morgan fingerprint density at radius 3 is 0.897 bits per heavy atom. The quantitative estimate of drug-likeness (QED) is 0.0346. The van der Waals surface area contributed by atoms with Crippen LogP contribution in [0.25, 0.3) is 0 Å². The van der Waals surface area contributed by atoms with Gasteiger partial charge in [-0.05, 0) is 25.2 Å². The molecule has 0 heterocycles. The standard InChI is InChI=1S/C52H100O6/c1-5-8-10-12-14-16-18-20-21-22-23-25-26-28-30-35-39-43-50(53)56-46-49(47-57-51(54)44-40-36-33-32-34-38-42-48(4)7-3)58-52(55)45-41-37-31-29-27-24-19-17-15-13-11-9-6-2/h48-49H,5-47H2,1-4H3/t48?,49-/m0/s1. The molecule has 0 fully saturated rings. The van der Waals surface area contributed by atoms with Gasteiger partial charge in [0.2, 0.25) is 0 Å². The molecule has 6 nitrogen and oxygen atoms in total. The number of carbonyl (C=O) groups excluding carboxylic acids is 3. The van der Waals surface area contributed by atoms with Crippen LogP contribution in [0.1, 0.15) is 291 Å². The summed E-state index contributed by atoms with van der Waals surface area (Å²) in [5, 5.41) is 0. The lowest BCUT2D eigenvalue weighted by Gasteiger charge is -2.18. The fourth-order valence-corrected chi connectivity index (χ4v) is 7.83. The van der Waals surface area contributed by atoms with Gasteiger partial charge in [-0.2, -0.15) is 0 Å². The maximum absolute atomic E-state index is 12.8. The number of unbranched alkanes of at least 4 members (excludes halogenated alkanes) is 33. The van der Waals surface area contributed by atoms with Crippen LogP contribution in [0.4, 0.5) is 0 Å². The average Bonchev–Trinajstić information content (AvgIpc) is 3.22. The van der Waals surface area contributed by atoms with Crippen LogP contribution in [-0.4, -0.2) is 37.2 Å². The van der Waals surface area contributed by atoms with Crippen molar-refractivity contribution in [2.75, 3.05) is 13.2 Å². The topological polar surface area (TPSA) is 78.9 Å². The van der Waals surface area contributed by atoms with E-state index < -0.39 is 6.10 Å². The number of esters is 3. The molecule has 0 aromatic heterocycles. The summed E-state index contributed by atoms with van der Waals surface area (Å²) in [6, 6.07) is 0. The van der Waals surface area contributed by atoms with Gasteiger partial charge in [-0.3, -0.25) is 14.4 Å². The minimum atomic E-state index is -0.761. The van der Waals surface area contributed by atoms with Gasteiger partial charge < -0.3 is 14.2 Å². The van der Waals surface area contributed by atoms with Crippen LogP contribution < -0.4 is 0 Å². The number of carbonyl (C=O) groups is 3. The van der Waals surface area contributed by atoms with E-state index in [4.69, 9.17) is 14.2 Å². The Hall–Kier alpha value is -1.59. The molecule has 0 aromatic carbocycles. The van der Waals surface area contributed by atoms with Gasteiger partial charge in [0.15, 0.2) is 6.10 Å². The molecule has 0 saturated heterocycles. The summed E-state index contributed by atoms with van der Waals surface area (Å²) >= 11 is 0. The first-order valence-corrected chi connectivity index (χ1v) is 25.9. The van der Waals surface area contributed by atoms with Gasteiger partial charge in [0.25, 0.3) is 0 Å². The summed E-state index contributed by atoms with van der Waals surface area (Å²) in [5.41, 5.74) is 0. The zero-order chi connectivity index (χ0) is 42.4.